The summed E-state index contributed by atoms with van der Waals surface area (Å²) in [7, 11) is 0. The number of ether oxygens (including phenoxy) is 2. The maximum atomic E-state index is 13.3. The van der Waals surface area contributed by atoms with Gasteiger partial charge in [-0.3, -0.25) is 4.79 Å². The van der Waals surface area contributed by atoms with Gasteiger partial charge in [-0.05, 0) is 72.9 Å². The zero-order valence-electron chi connectivity index (χ0n) is 21.9. The van der Waals surface area contributed by atoms with Crippen LogP contribution < -0.4 is 20.1 Å². The van der Waals surface area contributed by atoms with Crippen LogP contribution in [0, 0.1) is 11.3 Å². The molecule has 0 spiro atoms. The minimum absolute atomic E-state index is 0.0398. The van der Waals surface area contributed by atoms with Crippen LogP contribution in [-0.4, -0.2) is 18.5 Å². The van der Waals surface area contributed by atoms with Crippen molar-refractivity contribution in [2.24, 2.45) is 11.3 Å². The summed E-state index contributed by atoms with van der Waals surface area (Å²) in [5.74, 6) is 0.947. The summed E-state index contributed by atoms with van der Waals surface area (Å²) in [5, 5.41) is 7.61. The molecule has 1 amide bonds. The Hall–Kier alpha value is -3.32. The Bertz CT molecular complexity index is 1310. The second-order valence-electron chi connectivity index (χ2n) is 10.4. The Morgan fingerprint density at radius 2 is 1.86 bits per heavy atom. The maximum absolute atomic E-state index is 13.3. The predicted molar refractivity (Wildman–Crippen MR) is 147 cm³/mol. The molecule has 1 aliphatic carbocycles. The molecular formula is C30H34N2O4S. The van der Waals surface area contributed by atoms with E-state index >= 15 is 0 Å². The third kappa shape index (κ3) is 4.97. The molecule has 3 aromatic rings. The summed E-state index contributed by atoms with van der Waals surface area (Å²) in [6.07, 6.45) is 3.85. The number of amides is 1. The molecule has 2 heterocycles. The van der Waals surface area contributed by atoms with Crippen LogP contribution in [0.15, 0.2) is 48.5 Å². The fourth-order valence-corrected chi connectivity index (χ4v) is 6.56. The normalized spacial score (nSPS) is 18.8. The number of hydrogen-bond donors (Lipinski definition) is 2. The van der Waals surface area contributed by atoms with E-state index in [-0.39, 0.29) is 5.91 Å². The molecule has 5 rings (SSSR count). The van der Waals surface area contributed by atoms with Crippen molar-refractivity contribution in [2.75, 3.05) is 11.9 Å². The Labute approximate surface area is 222 Å². The molecule has 2 atom stereocenters. The molecule has 2 aliphatic rings. The largest absolute Gasteiger partial charge is 0.490 e. The number of hydrogen-bond acceptors (Lipinski definition) is 6. The van der Waals surface area contributed by atoms with Crippen LogP contribution in [0.4, 0.5) is 5.00 Å². The second-order valence-corrected chi connectivity index (χ2v) is 11.5. The number of anilines is 1. The monoisotopic (exact) mass is 518 g/mol. The third-order valence-corrected chi connectivity index (χ3v) is 9.06. The van der Waals surface area contributed by atoms with Crippen LogP contribution >= 0.6 is 11.3 Å². The van der Waals surface area contributed by atoms with Crippen molar-refractivity contribution in [1.29, 1.82) is 0 Å². The van der Waals surface area contributed by atoms with Gasteiger partial charge in [-0.1, -0.05) is 51.5 Å². The maximum Gasteiger partial charge on any atom is 0.343 e. The highest BCUT2D eigenvalue weighted by Crippen LogP contribution is 2.47. The predicted octanol–water partition coefficient (Wildman–Crippen LogP) is 6.76. The summed E-state index contributed by atoms with van der Waals surface area (Å²) in [4.78, 5) is 27.2. The molecule has 0 saturated carbocycles. The highest BCUT2D eigenvalue weighted by Gasteiger charge is 2.37. The van der Waals surface area contributed by atoms with Gasteiger partial charge >= 0.3 is 5.97 Å². The molecule has 0 bridgehead atoms. The lowest BCUT2D eigenvalue weighted by Crippen LogP contribution is -2.38. The second kappa shape index (κ2) is 10.2. The Kier molecular flexibility index (Phi) is 6.99. The first-order valence-corrected chi connectivity index (χ1v) is 13.9. The summed E-state index contributed by atoms with van der Waals surface area (Å²) < 4.78 is 11.4. The van der Waals surface area contributed by atoms with Gasteiger partial charge in [0.05, 0.1) is 17.7 Å². The molecule has 7 heteroatoms. The summed E-state index contributed by atoms with van der Waals surface area (Å²) in [5.41, 5.74) is 3.61. The van der Waals surface area contributed by atoms with Gasteiger partial charge in [0.2, 0.25) is 0 Å². The zero-order valence-corrected chi connectivity index (χ0v) is 22.7. The summed E-state index contributed by atoms with van der Waals surface area (Å²) >= 11 is 1.72. The summed E-state index contributed by atoms with van der Waals surface area (Å²) in [6, 6.07) is 14.3. The van der Waals surface area contributed by atoms with E-state index in [1.807, 2.05) is 25.1 Å². The zero-order chi connectivity index (χ0) is 26.2. The fraction of sp³-hybridized carbons (Fsp3) is 0.400. The van der Waals surface area contributed by atoms with E-state index in [1.54, 1.807) is 41.7 Å². The van der Waals surface area contributed by atoms with E-state index in [2.05, 4.69) is 31.4 Å². The van der Waals surface area contributed by atoms with Crippen molar-refractivity contribution in [1.82, 2.24) is 5.32 Å². The molecular weight excluding hydrogens is 484 g/mol. The van der Waals surface area contributed by atoms with Gasteiger partial charge in [0, 0.05) is 4.88 Å². The lowest BCUT2D eigenvalue weighted by atomic mass is 9.69. The summed E-state index contributed by atoms with van der Waals surface area (Å²) in [6.45, 7) is 9.27. The molecule has 2 N–H and O–H groups in total. The Morgan fingerprint density at radius 1 is 1.08 bits per heavy atom. The Morgan fingerprint density at radius 3 is 2.59 bits per heavy atom. The number of nitrogens with one attached hydrogen (secondary N) is 2. The smallest absolute Gasteiger partial charge is 0.343 e. The molecule has 1 aromatic heterocycles. The van der Waals surface area contributed by atoms with Crippen molar-refractivity contribution < 1.29 is 19.1 Å². The average molecular weight is 519 g/mol. The number of fused-ring (bicyclic) bond motifs is 3. The van der Waals surface area contributed by atoms with Gasteiger partial charge in [0.25, 0.3) is 5.91 Å². The first-order valence-electron chi connectivity index (χ1n) is 13.1. The van der Waals surface area contributed by atoms with Gasteiger partial charge in [-0.2, -0.15) is 0 Å². The Balaban J connectivity index is 1.38. The van der Waals surface area contributed by atoms with E-state index in [1.165, 1.54) is 10.4 Å². The number of thiophene rings is 1. The number of carbonyl (C=O) groups is 2. The minimum Gasteiger partial charge on any atom is -0.490 e. The van der Waals surface area contributed by atoms with Crippen molar-refractivity contribution in [2.45, 2.75) is 59.5 Å². The molecule has 1 aliphatic heterocycles. The number of rotatable bonds is 7. The highest BCUT2D eigenvalue weighted by atomic mass is 32.1. The molecule has 0 unspecified atom stereocenters. The van der Waals surface area contributed by atoms with Crippen LogP contribution in [0.5, 0.6) is 11.5 Å². The third-order valence-electron chi connectivity index (χ3n) is 7.87. The van der Waals surface area contributed by atoms with Crippen LogP contribution in [0.3, 0.4) is 0 Å². The van der Waals surface area contributed by atoms with Crippen molar-refractivity contribution in [3.8, 4) is 11.5 Å². The van der Waals surface area contributed by atoms with Crippen LogP contribution in [0.2, 0.25) is 0 Å². The molecule has 0 radical (unpaired) electrons. The molecule has 194 valence electrons. The van der Waals surface area contributed by atoms with E-state index in [0.717, 1.165) is 41.8 Å². The van der Waals surface area contributed by atoms with Gasteiger partial charge < -0.3 is 20.1 Å². The van der Waals surface area contributed by atoms with Crippen molar-refractivity contribution in [3.63, 3.8) is 0 Å². The molecule has 37 heavy (non-hydrogen) atoms. The molecule has 6 nitrogen and oxygen atoms in total. The van der Waals surface area contributed by atoms with Gasteiger partial charge in [-0.25, -0.2) is 4.79 Å². The lowest BCUT2D eigenvalue weighted by Gasteiger charge is -2.36. The first kappa shape index (κ1) is 25.3. The number of carbonyl (C=O) groups excluding carboxylic acids is 2. The van der Waals surface area contributed by atoms with Crippen molar-refractivity contribution >= 4 is 28.2 Å². The number of esters is 1. The van der Waals surface area contributed by atoms with Crippen LogP contribution in [0.1, 0.15) is 83.4 Å². The standard InChI is InChI=1S/C30H34N2O4S/c1-5-30(3,4)20-13-14-21-24(17-20)37-28-25(21)27(33)31-26(32-28)19-12-15-22(23(16-19)35-6-2)36-29(34)18-10-8-7-9-11-18/h7-12,15-16,20,26,32H,5-6,13-14,17H2,1-4H3,(H,31,33)/t20-,26+/m0/s1. The van der Waals surface area contributed by atoms with Crippen LogP contribution in [0.25, 0.3) is 0 Å². The number of benzene rings is 2. The van der Waals surface area contributed by atoms with Crippen LogP contribution in [-0.2, 0) is 12.8 Å². The van der Waals surface area contributed by atoms with Gasteiger partial charge in [-0.15, -0.1) is 11.3 Å². The van der Waals surface area contributed by atoms with Gasteiger partial charge in [0.1, 0.15) is 11.2 Å². The van der Waals surface area contributed by atoms with Crippen molar-refractivity contribution in [3.05, 3.63) is 75.7 Å². The van der Waals surface area contributed by atoms with E-state index in [0.29, 0.717) is 35.0 Å². The van der Waals surface area contributed by atoms with Gasteiger partial charge in [0.15, 0.2) is 11.5 Å². The minimum atomic E-state index is -0.447. The first-order chi connectivity index (χ1) is 17.8. The molecule has 0 saturated heterocycles. The molecule has 0 fully saturated rings. The highest BCUT2D eigenvalue weighted by molar-refractivity contribution is 7.16. The lowest BCUT2D eigenvalue weighted by molar-refractivity contribution is 0.0728. The van der Waals surface area contributed by atoms with E-state index in [4.69, 9.17) is 9.47 Å². The fourth-order valence-electron chi connectivity index (χ4n) is 5.21. The molecule has 2 aromatic carbocycles. The quantitative estimate of drug-likeness (QED) is 0.267. The van der Waals surface area contributed by atoms with E-state index < -0.39 is 12.1 Å². The SMILES string of the molecule is CCOc1cc([C@@H]2NC(=O)c3c(sc4c3CC[C@H](C(C)(C)CC)C4)N2)ccc1OC(=O)c1ccccc1. The van der Waals surface area contributed by atoms with E-state index in [9.17, 15) is 9.59 Å². The topological polar surface area (TPSA) is 76.7 Å². The average Bonchev–Trinajstić information content (AvgIpc) is 3.28.